The third kappa shape index (κ3) is 3.86. The van der Waals surface area contributed by atoms with Crippen LogP contribution in [0.3, 0.4) is 0 Å². The fourth-order valence-electron chi connectivity index (χ4n) is 4.76. The zero-order valence-electron chi connectivity index (χ0n) is 17.4. The van der Waals surface area contributed by atoms with Crippen molar-refractivity contribution in [2.75, 3.05) is 19.6 Å². The van der Waals surface area contributed by atoms with Gasteiger partial charge >= 0.3 is 0 Å². The van der Waals surface area contributed by atoms with E-state index < -0.39 is 10.0 Å². The molecule has 5 nitrogen and oxygen atoms in total. The number of sulfonamides is 1. The van der Waals surface area contributed by atoms with Crippen LogP contribution in [0.15, 0.2) is 71.6 Å². The van der Waals surface area contributed by atoms with Gasteiger partial charge in [0.2, 0.25) is 15.9 Å². The van der Waals surface area contributed by atoms with E-state index in [1.807, 2.05) is 47.4 Å². The molecule has 1 fully saturated rings. The second-order valence-electron chi connectivity index (χ2n) is 8.47. The topological polar surface area (TPSA) is 57.7 Å². The Morgan fingerprint density at radius 2 is 1.48 bits per heavy atom. The maximum Gasteiger partial charge on any atom is 0.243 e. The number of hydrogen-bond donors (Lipinski definition) is 0. The van der Waals surface area contributed by atoms with Gasteiger partial charge in [-0.15, -0.1) is 0 Å². The second kappa shape index (κ2) is 8.09. The minimum atomic E-state index is -3.56. The molecule has 3 aromatic carbocycles. The summed E-state index contributed by atoms with van der Waals surface area (Å²) in [7, 11) is -3.56. The van der Waals surface area contributed by atoms with Crippen molar-refractivity contribution in [2.24, 2.45) is 5.92 Å². The molecule has 0 spiro atoms. The van der Waals surface area contributed by atoms with Crippen LogP contribution in [0.2, 0.25) is 0 Å². The maximum absolute atomic E-state index is 13.2. The first-order chi connectivity index (χ1) is 15.0. The van der Waals surface area contributed by atoms with Gasteiger partial charge in [0.25, 0.3) is 0 Å². The van der Waals surface area contributed by atoms with E-state index in [4.69, 9.17) is 0 Å². The van der Waals surface area contributed by atoms with Gasteiger partial charge in [0.15, 0.2) is 0 Å². The van der Waals surface area contributed by atoms with E-state index in [0.29, 0.717) is 37.4 Å². The molecule has 0 aromatic heterocycles. The average molecular weight is 435 g/mol. The highest BCUT2D eigenvalue weighted by Crippen LogP contribution is 2.28. The van der Waals surface area contributed by atoms with Crippen molar-refractivity contribution in [2.45, 2.75) is 30.7 Å². The lowest BCUT2D eigenvalue weighted by molar-refractivity contribution is -0.137. The molecular formula is C25H26N2O3S. The molecular weight excluding hydrogens is 408 g/mol. The van der Waals surface area contributed by atoms with Crippen LogP contribution in [0.1, 0.15) is 24.0 Å². The molecule has 0 atom stereocenters. The summed E-state index contributed by atoms with van der Waals surface area (Å²) in [5.74, 6) is 0.0607. The van der Waals surface area contributed by atoms with E-state index >= 15 is 0 Å². The van der Waals surface area contributed by atoms with Gasteiger partial charge in [-0.2, -0.15) is 4.31 Å². The molecule has 0 N–H and O–H groups in total. The Labute approximate surface area is 183 Å². The molecule has 0 bridgehead atoms. The molecule has 160 valence electrons. The third-order valence-electron chi connectivity index (χ3n) is 6.60. The number of hydrogen-bond acceptors (Lipinski definition) is 3. The quantitative estimate of drug-likeness (QED) is 0.630. The number of carbonyl (C=O) groups is 1. The SMILES string of the molecule is O=C(C1CCN(S(=O)(=O)c2ccc3ccccc3c2)CC1)N1CCc2ccccc2C1. The van der Waals surface area contributed by atoms with E-state index in [2.05, 4.69) is 12.1 Å². The molecule has 1 amide bonds. The molecule has 2 aliphatic heterocycles. The van der Waals surface area contributed by atoms with Gasteiger partial charge in [0, 0.05) is 32.1 Å². The zero-order valence-corrected chi connectivity index (χ0v) is 18.2. The lowest BCUT2D eigenvalue weighted by atomic mass is 9.94. The monoisotopic (exact) mass is 434 g/mol. The first-order valence-corrected chi connectivity index (χ1v) is 12.3. The molecule has 31 heavy (non-hydrogen) atoms. The minimum absolute atomic E-state index is 0.103. The van der Waals surface area contributed by atoms with Crippen molar-refractivity contribution < 1.29 is 13.2 Å². The van der Waals surface area contributed by atoms with E-state index in [1.165, 1.54) is 15.4 Å². The molecule has 0 saturated carbocycles. The normalized spacial score (nSPS) is 18.1. The predicted molar refractivity (Wildman–Crippen MR) is 121 cm³/mol. The first-order valence-electron chi connectivity index (χ1n) is 10.9. The van der Waals surface area contributed by atoms with Crippen LogP contribution in [0, 0.1) is 5.92 Å². The highest BCUT2D eigenvalue weighted by atomic mass is 32.2. The number of nitrogens with zero attached hydrogens (tertiary/aromatic N) is 2. The van der Waals surface area contributed by atoms with E-state index in [0.717, 1.165) is 23.7 Å². The van der Waals surface area contributed by atoms with Gasteiger partial charge < -0.3 is 4.90 Å². The highest BCUT2D eigenvalue weighted by Gasteiger charge is 2.34. The number of rotatable bonds is 3. The van der Waals surface area contributed by atoms with Gasteiger partial charge in [0.05, 0.1) is 4.90 Å². The average Bonchev–Trinajstić information content (AvgIpc) is 2.83. The Bertz CT molecular complexity index is 1230. The van der Waals surface area contributed by atoms with Crippen LogP contribution in [-0.4, -0.2) is 43.2 Å². The van der Waals surface area contributed by atoms with Gasteiger partial charge in [-0.25, -0.2) is 8.42 Å². The molecule has 2 heterocycles. The summed E-state index contributed by atoms with van der Waals surface area (Å²) >= 11 is 0. The predicted octanol–water partition coefficient (Wildman–Crippen LogP) is 3.83. The van der Waals surface area contributed by atoms with Gasteiger partial charge in [-0.3, -0.25) is 4.79 Å². The third-order valence-corrected chi connectivity index (χ3v) is 8.50. The van der Waals surface area contributed by atoms with Gasteiger partial charge in [0.1, 0.15) is 0 Å². The molecule has 6 heteroatoms. The number of piperidine rings is 1. The van der Waals surface area contributed by atoms with E-state index in [1.54, 1.807) is 12.1 Å². The summed E-state index contributed by atoms with van der Waals surface area (Å²) in [6, 6.07) is 21.3. The number of amides is 1. The summed E-state index contributed by atoms with van der Waals surface area (Å²) in [5.41, 5.74) is 2.54. The molecule has 5 rings (SSSR count). The van der Waals surface area contributed by atoms with Crippen molar-refractivity contribution in [3.63, 3.8) is 0 Å². The molecule has 3 aromatic rings. The maximum atomic E-state index is 13.2. The van der Waals surface area contributed by atoms with Crippen molar-refractivity contribution in [1.82, 2.24) is 9.21 Å². The van der Waals surface area contributed by atoms with Gasteiger partial charge in [-0.1, -0.05) is 54.6 Å². The zero-order chi connectivity index (χ0) is 21.4. The summed E-state index contributed by atoms with van der Waals surface area (Å²) in [6.07, 6.45) is 2.03. The first kappa shape index (κ1) is 20.2. The van der Waals surface area contributed by atoms with Crippen LogP contribution in [0.25, 0.3) is 10.8 Å². The number of fused-ring (bicyclic) bond motifs is 2. The second-order valence-corrected chi connectivity index (χ2v) is 10.4. The molecule has 0 radical (unpaired) electrons. The van der Waals surface area contributed by atoms with Crippen LogP contribution in [0.5, 0.6) is 0 Å². The van der Waals surface area contributed by atoms with Crippen LogP contribution in [0.4, 0.5) is 0 Å². The van der Waals surface area contributed by atoms with Crippen molar-refractivity contribution in [3.05, 3.63) is 77.9 Å². The fraction of sp³-hybridized carbons (Fsp3) is 0.320. The molecule has 2 aliphatic rings. The summed E-state index contributed by atoms with van der Waals surface area (Å²) in [6.45, 7) is 2.17. The van der Waals surface area contributed by atoms with E-state index in [-0.39, 0.29) is 11.8 Å². The Kier molecular flexibility index (Phi) is 5.28. The molecule has 0 aliphatic carbocycles. The number of carbonyl (C=O) groups excluding carboxylic acids is 1. The van der Waals surface area contributed by atoms with Crippen LogP contribution >= 0.6 is 0 Å². The standard InChI is InChI=1S/C25H26N2O3S/c28-25(26-14-11-20-6-2-4-8-23(20)18-26)21-12-15-27(16-13-21)31(29,30)24-10-9-19-5-1-3-7-22(19)17-24/h1-10,17,21H,11-16,18H2. The van der Waals surface area contributed by atoms with E-state index in [9.17, 15) is 13.2 Å². The fourth-order valence-corrected chi connectivity index (χ4v) is 6.27. The molecule has 0 unspecified atom stereocenters. The van der Waals surface area contributed by atoms with Crippen LogP contribution in [-0.2, 0) is 27.8 Å². The highest BCUT2D eigenvalue weighted by molar-refractivity contribution is 7.89. The number of benzene rings is 3. The minimum Gasteiger partial charge on any atom is -0.338 e. The Morgan fingerprint density at radius 3 is 2.26 bits per heavy atom. The van der Waals surface area contributed by atoms with Crippen molar-refractivity contribution in [3.8, 4) is 0 Å². The van der Waals surface area contributed by atoms with Crippen molar-refractivity contribution in [1.29, 1.82) is 0 Å². The smallest absolute Gasteiger partial charge is 0.243 e. The lowest BCUT2D eigenvalue weighted by Gasteiger charge is -2.35. The van der Waals surface area contributed by atoms with Gasteiger partial charge in [-0.05, 0) is 53.3 Å². The lowest BCUT2D eigenvalue weighted by Crippen LogP contribution is -2.45. The Hall–Kier alpha value is -2.70. The largest absolute Gasteiger partial charge is 0.338 e. The van der Waals surface area contributed by atoms with Crippen LogP contribution < -0.4 is 0 Å². The summed E-state index contributed by atoms with van der Waals surface area (Å²) < 4.78 is 27.9. The summed E-state index contributed by atoms with van der Waals surface area (Å²) in [5, 5.41) is 1.94. The molecule has 1 saturated heterocycles. The van der Waals surface area contributed by atoms with Crippen molar-refractivity contribution >= 4 is 26.7 Å². The Balaban J connectivity index is 1.26. The summed E-state index contributed by atoms with van der Waals surface area (Å²) in [4.78, 5) is 15.4. The Morgan fingerprint density at radius 1 is 0.806 bits per heavy atom.